The standard InChI is InChI=1S/C32H26BrNO6S/c1-19-11-12-20(2)26(15-19)39-14-13-34-30(35)28(41-32(34)37)18-21-16-25(33)29(27(17-21)38-3)40-31(36)24-10-6-8-22-7-4-5-9-23(22)24/h4-12,15-18H,13-14H2,1-3H3/b28-18-. The summed E-state index contributed by atoms with van der Waals surface area (Å²) in [6.45, 7) is 4.24. The van der Waals surface area contributed by atoms with Gasteiger partial charge in [0.1, 0.15) is 12.4 Å². The fraction of sp³-hybridized carbons (Fsp3) is 0.156. The van der Waals surface area contributed by atoms with Gasteiger partial charge in [0, 0.05) is 0 Å². The molecule has 0 bridgehead atoms. The summed E-state index contributed by atoms with van der Waals surface area (Å²) in [6.07, 6.45) is 1.61. The van der Waals surface area contributed by atoms with Gasteiger partial charge < -0.3 is 14.2 Å². The number of ether oxygens (including phenoxy) is 3. The van der Waals surface area contributed by atoms with Crippen LogP contribution in [0.1, 0.15) is 27.0 Å². The van der Waals surface area contributed by atoms with Crippen LogP contribution in [-0.4, -0.2) is 42.3 Å². The molecule has 4 aromatic carbocycles. The molecule has 1 aliphatic rings. The monoisotopic (exact) mass is 631 g/mol. The molecule has 41 heavy (non-hydrogen) atoms. The number of carbonyl (C=O) groups is 3. The zero-order valence-electron chi connectivity index (χ0n) is 22.6. The molecule has 9 heteroatoms. The molecule has 0 aromatic heterocycles. The molecule has 1 fully saturated rings. The second-order valence-electron chi connectivity index (χ2n) is 9.40. The van der Waals surface area contributed by atoms with Crippen LogP contribution < -0.4 is 14.2 Å². The van der Waals surface area contributed by atoms with E-state index in [0.717, 1.165) is 39.4 Å². The fourth-order valence-electron chi connectivity index (χ4n) is 4.43. The lowest BCUT2D eigenvalue weighted by molar-refractivity contribution is -0.123. The minimum atomic E-state index is -0.530. The SMILES string of the molecule is COc1cc(/C=C2\SC(=O)N(CCOc3cc(C)ccc3C)C2=O)cc(Br)c1OC(=O)c1cccc2ccccc12. The molecular formula is C32H26BrNO6S. The molecule has 5 rings (SSSR count). The maximum absolute atomic E-state index is 13.1. The molecule has 0 atom stereocenters. The van der Waals surface area contributed by atoms with Gasteiger partial charge in [-0.25, -0.2) is 4.79 Å². The summed E-state index contributed by atoms with van der Waals surface area (Å²) < 4.78 is 17.6. The molecule has 4 aromatic rings. The highest BCUT2D eigenvalue weighted by molar-refractivity contribution is 9.10. The molecule has 0 aliphatic carbocycles. The molecule has 1 saturated heterocycles. The highest BCUT2D eigenvalue weighted by Crippen LogP contribution is 2.40. The average molecular weight is 633 g/mol. The number of hydrogen-bond acceptors (Lipinski definition) is 7. The molecule has 0 N–H and O–H groups in total. The number of carbonyl (C=O) groups excluding carboxylic acids is 3. The number of nitrogens with zero attached hydrogens (tertiary/aromatic N) is 1. The van der Waals surface area contributed by atoms with Gasteiger partial charge in [-0.05, 0) is 99.3 Å². The summed E-state index contributed by atoms with van der Waals surface area (Å²) in [7, 11) is 1.46. The molecule has 0 spiro atoms. The molecular weight excluding hydrogens is 606 g/mol. The lowest BCUT2D eigenvalue weighted by atomic mass is 10.0. The summed E-state index contributed by atoms with van der Waals surface area (Å²) in [5, 5.41) is 1.34. The van der Waals surface area contributed by atoms with Gasteiger partial charge in [-0.3, -0.25) is 14.5 Å². The van der Waals surface area contributed by atoms with Gasteiger partial charge in [0.05, 0.1) is 28.6 Å². The topological polar surface area (TPSA) is 82.1 Å². The molecule has 7 nitrogen and oxygen atoms in total. The first-order chi connectivity index (χ1) is 19.7. The summed E-state index contributed by atoms with van der Waals surface area (Å²) in [6, 6.07) is 22.2. The number of fused-ring (bicyclic) bond motifs is 1. The van der Waals surface area contributed by atoms with Crippen molar-refractivity contribution in [1.82, 2.24) is 4.90 Å². The van der Waals surface area contributed by atoms with Gasteiger partial charge in [-0.1, -0.05) is 48.5 Å². The Labute approximate surface area is 250 Å². The molecule has 0 unspecified atom stereocenters. The van der Waals surface area contributed by atoms with Gasteiger partial charge in [0.2, 0.25) is 0 Å². The Morgan fingerprint density at radius 3 is 2.56 bits per heavy atom. The highest BCUT2D eigenvalue weighted by Gasteiger charge is 2.35. The van der Waals surface area contributed by atoms with Crippen molar-refractivity contribution in [2.24, 2.45) is 0 Å². The number of rotatable bonds is 8. The van der Waals surface area contributed by atoms with Crippen molar-refractivity contribution in [3.05, 3.63) is 104 Å². The number of amides is 2. The predicted octanol–water partition coefficient (Wildman–Crippen LogP) is 7.56. The summed E-state index contributed by atoms with van der Waals surface area (Å²) >= 11 is 4.34. The van der Waals surface area contributed by atoms with Crippen LogP contribution in [0, 0.1) is 13.8 Å². The minimum Gasteiger partial charge on any atom is -0.493 e. The van der Waals surface area contributed by atoms with Crippen molar-refractivity contribution in [1.29, 1.82) is 0 Å². The number of esters is 1. The van der Waals surface area contributed by atoms with Crippen LogP contribution in [0.2, 0.25) is 0 Å². The summed E-state index contributed by atoms with van der Waals surface area (Å²) in [5.74, 6) is 0.300. The molecule has 1 aliphatic heterocycles. The maximum Gasteiger partial charge on any atom is 0.344 e. The fourth-order valence-corrected chi connectivity index (χ4v) is 5.83. The van der Waals surface area contributed by atoms with Crippen molar-refractivity contribution < 1.29 is 28.6 Å². The van der Waals surface area contributed by atoms with E-state index in [9.17, 15) is 14.4 Å². The number of imide groups is 1. The van der Waals surface area contributed by atoms with E-state index in [-0.39, 0.29) is 29.0 Å². The first-order valence-electron chi connectivity index (χ1n) is 12.8. The van der Waals surface area contributed by atoms with Gasteiger partial charge in [-0.15, -0.1) is 0 Å². The lowest BCUT2D eigenvalue weighted by Crippen LogP contribution is -2.32. The maximum atomic E-state index is 13.1. The molecule has 0 saturated carbocycles. The van der Waals surface area contributed by atoms with Crippen LogP contribution in [-0.2, 0) is 4.79 Å². The van der Waals surface area contributed by atoms with Crippen LogP contribution in [0.3, 0.4) is 0 Å². The lowest BCUT2D eigenvalue weighted by Gasteiger charge is -2.15. The van der Waals surface area contributed by atoms with E-state index in [1.54, 1.807) is 30.3 Å². The molecule has 208 valence electrons. The van der Waals surface area contributed by atoms with Gasteiger partial charge in [0.15, 0.2) is 11.5 Å². The first-order valence-corrected chi connectivity index (χ1v) is 14.4. The predicted molar refractivity (Wildman–Crippen MR) is 164 cm³/mol. The van der Waals surface area contributed by atoms with Crippen LogP contribution in [0.15, 0.2) is 82.2 Å². The third-order valence-electron chi connectivity index (χ3n) is 6.54. The van der Waals surface area contributed by atoms with E-state index in [2.05, 4.69) is 15.9 Å². The Hall–Kier alpha value is -4.08. The van der Waals surface area contributed by atoms with Gasteiger partial charge >= 0.3 is 5.97 Å². The van der Waals surface area contributed by atoms with Crippen molar-refractivity contribution in [2.75, 3.05) is 20.3 Å². The number of benzene rings is 4. The largest absolute Gasteiger partial charge is 0.493 e. The summed E-state index contributed by atoms with van der Waals surface area (Å²) in [4.78, 5) is 40.2. The Bertz CT molecular complexity index is 1710. The Morgan fingerprint density at radius 2 is 1.76 bits per heavy atom. The highest BCUT2D eigenvalue weighted by atomic mass is 79.9. The van der Waals surface area contributed by atoms with Gasteiger partial charge in [-0.2, -0.15) is 0 Å². The van der Waals surface area contributed by atoms with Gasteiger partial charge in [0.25, 0.3) is 11.1 Å². The average Bonchev–Trinajstić information content (AvgIpc) is 3.22. The zero-order valence-corrected chi connectivity index (χ0v) is 25.0. The number of thioether (sulfide) groups is 1. The van der Waals surface area contributed by atoms with Crippen LogP contribution >= 0.6 is 27.7 Å². The Morgan fingerprint density at radius 1 is 0.976 bits per heavy atom. The second kappa shape index (κ2) is 12.2. The molecule has 1 heterocycles. The zero-order chi connectivity index (χ0) is 29.1. The van der Waals surface area contributed by atoms with E-state index >= 15 is 0 Å². The second-order valence-corrected chi connectivity index (χ2v) is 11.2. The van der Waals surface area contributed by atoms with Crippen molar-refractivity contribution in [2.45, 2.75) is 13.8 Å². The first kappa shape index (κ1) is 28.4. The number of halogens is 1. The summed E-state index contributed by atoms with van der Waals surface area (Å²) in [5.41, 5.74) is 3.07. The third kappa shape index (κ3) is 6.16. The smallest absolute Gasteiger partial charge is 0.344 e. The Kier molecular flexibility index (Phi) is 8.46. The normalized spacial score (nSPS) is 14.1. The van der Waals surface area contributed by atoms with Crippen LogP contribution in [0.25, 0.3) is 16.8 Å². The molecule has 0 radical (unpaired) electrons. The minimum absolute atomic E-state index is 0.130. The van der Waals surface area contributed by atoms with Crippen LogP contribution in [0.5, 0.6) is 17.2 Å². The molecule has 2 amide bonds. The Balaban J connectivity index is 1.31. The van der Waals surface area contributed by atoms with Crippen molar-refractivity contribution in [3.8, 4) is 17.2 Å². The third-order valence-corrected chi connectivity index (χ3v) is 8.04. The van der Waals surface area contributed by atoms with Crippen molar-refractivity contribution >= 4 is 61.7 Å². The quantitative estimate of drug-likeness (QED) is 0.113. The van der Waals surface area contributed by atoms with E-state index in [4.69, 9.17) is 14.2 Å². The van der Waals surface area contributed by atoms with E-state index in [1.165, 1.54) is 12.0 Å². The van der Waals surface area contributed by atoms with Crippen LogP contribution in [0.4, 0.5) is 4.79 Å². The van der Waals surface area contributed by atoms with E-state index in [0.29, 0.717) is 21.3 Å². The number of methoxy groups -OCH3 is 1. The van der Waals surface area contributed by atoms with E-state index < -0.39 is 11.9 Å². The number of hydrogen-bond donors (Lipinski definition) is 0. The van der Waals surface area contributed by atoms with E-state index in [1.807, 2.05) is 62.4 Å². The number of aryl methyl sites for hydroxylation is 2. The van der Waals surface area contributed by atoms with Crippen molar-refractivity contribution in [3.63, 3.8) is 0 Å².